The molecule has 0 aromatic heterocycles. The minimum Gasteiger partial charge on any atom is -0.489 e. The molecule has 0 atom stereocenters. The Labute approximate surface area is 192 Å². The van der Waals surface area contributed by atoms with Gasteiger partial charge in [-0.3, -0.25) is 0 Å². The first-order valence-electron chi connectivity index (χ1n) is 10.3. The van der Waals surface area contributed by atoms with E-state index in [-0.39, 0.29) is 17.3 Å². The van der Waals surface area contributed by atoms with Crippen LogP contribution in [-0.2, 0) is 23.2 Å². The quantitative estimate of drug-likeness (QED) is 0.347. The number of rotatable bonds is 9. The van der Waals surface area contributed by atoms with Crippen molar-refractivity contribution in [2.45, 2.75) is 18.0 Å². The van der Waals surface area contributed by atoms with Crippen molar-refractivity contribution in [1.29, 1.82) is 0 Å². The van der Waals surface area contributed by atoms with Gasteiger partial charge in [-0.15, -0.1) is 0 Å². The maximum atomic E-state index is 13.0. The average molecular weight is 464 g/mol. The lowest BCUT2D eigenvalue weighted by molar-refractivity contribution is 0.306. The van der Waals surface area contributed by atoms with Crippen LogP contribution in [0.2, 0.25) is 0 Å². The number of hydrogen-bond acceptors (Lipinski definition) is 4. The zero-order valence-corrected chi connectivity index (χ0v) is 18.5. The molecule has 168 valence electrons. The van der Waals surface area contributed by atoms with Crippen LogP contribution in [-0.4, -0.2) is 8.42 Å². The molecule has 4 aromatic rings. The second-order valence-corrected chi connectivity index (χ2v) is 9.04. The first-order chi connectivity index (χ1) is 16.0. The van der Waals surface area contributed by atoms with Crippen LogP contribution in [0.25, 0.3) is 0 Å². The molecule has 0 aliphatic rings. The third-order valence-corrected chi connectivity index (χ3v) is 6.24. The Morgan fingerprint density at radius 1 is 0.667 bits per heavy atom. The molecule has 4 aromatic carbocycles. The van der Waals surface area contributed by atoms with Crippen LogP contribution in [0.15, 0.2) is 108 Å². The van der Waals surface area contributed by atoms with Crippen LogP contribution < -0.4 is 14.2 Å². The van der Waals surface area contributed by atoms with E-state index in [1.807, 2.05) is 30.3 Å². The average Bonchev–Trinajstić information content (AvgIpc) is 2.84. The van der Waals surface area contributed by atoms with Crippen molar-refractivity contribution in [3.63, 3.8) is 0 Å². The second kappa shape index (κ2) is 10.3. The summed E-state index contributed by atoms with van der Waals surface area (Å²) in [5.74, 6) is 1.58. The Bertz CT molecular complexity index is 1280. The fourth-order valence-corrected chi connectivity index (χ4v) is 4.04. The monoisotopic (exact) mass is 463 g/mol. The summed E-state index contributed by atoms with van der Waals surface area (Å²) in [5, 5.41) is 0. The predicted octanol–water partition coefficient (Wildman–Crippen LogP) is 5.68. The third kappa shape index (κ3) is 6.41. The number of halogens is 1. The molecule has 0 spiro atoms. The summed E-state index contributed by atoms with van der Waals surface area (Å²) < 4.78 is 52.2. The van der Waals surface area contributed by atoms with Crippen LogP contribution in [0.4, 0.5) is 4.39 Å². The van der Waals surface area contributed by atoms with Gasteiger partial charge in [-0.2, -0.15) is 0 Å². The number of sulfonamides is 1. The van der Waals surface area contributed by atoms with Crippen molar-refractivity contribution in [1.82, 2.24) is 4.72 Å². The Hall–Kier alpha value is -3.68. The number of hydrogen-bond donors (Lipinski definition) is 1. The SMILES string of the molecule is O=S(=O)(NCc1ccc(OCc2ccc(F)cc2)cc1)c1ccc(Oc2ccccc2)cc1. The summed E-state index contributed by atoms with van der Waals surface area (Å²) in [7, 11) is -3.68. The van der Waals surface area contributed by atoms with E-state index in [9.17, 15) is 12.8 Å². The Balaban J connectivity index is 1.30. The maximum Gasteiger partial charge on any atom is 0.240 e. The molecule has 0 saturated carbocycles. The maximum absolute atomic E-state index is 13.0. The number of benzene rings is 4. The lowest BCUT2D eigenvalue weighted by Gasteiger charge is -2.10. The van der Waals surface area contributed by atoms with Gasteiger partial charge in [-0.05, 0) is 71.8 Å². The zero-order valence-electron chi connectivity index (χ0n) is 17.6. The fourth-order valence-electron chi connectivity index (χ4n) is 3.02. The molecule has 0 unspecified atom stereocenters. The molecular formula is C26H22FNO4S. The van der Waals surface area contributed by atoms with Gasteiger partial charge in [0.05, 0.1) is 4.90 Å². The van der Waals surface area contributed by atoms with Crippen LogP contribution in [0.1, 0.15) is 11.1 Å². The highest BCUT2D eigenvalue weighted by Gasteiger charge is 2.14. The predicted molar refractivity (Wildman–Crippen MR) is 124 cm³/mol. The first kappa shape index (κ1) is 22.5. The molecule has 7 heteroatoms. The minimum absolute atomic E-state index is 0.142. The van der Waals surface area contributed by atoms with Gasteiger partial charge in [-0.1, -0.05) is 42.5 Å². The first-order valence-corrected chi connectivity index (χ1v) is 11.8. The van der Waals surface area contributed by atoms with E-state index in [0.717, 1.165) is 11.1 Å². The van der Waals surface area contributed by atoms with E-state index >= 15 is 0 Å². The molecule has 0 saturated heterocycles. The lowest BCUT2D eigenvalue weighted by Crippen LogP contribution is -2.23. The molecule has 1 N–H and O–H groups in total. The molecule has 4 rings (SSSR count). The summed E-state index contributed by atoms with van der Waals surface area (Å²) >= 11 is 0. The highest BCUT2D eigenvalue weighted by molar-refractivity contribution is 7.89. The van der Waals surface area contributed by atoms with E-state index in [0.29, 0.717) is 23.9 Å². The molecule has 0 amide bonds. The number of ether oxygens (including phenoxy) is 2. The lowest BCUT2D eigenvalue weighted by atomic mass is 10.2. The summed E-state index contributed by atoms with van der Waals surface area (Å²) in [5.41, 5.74) is 1.64. The molecule has 0 radical (unpaired) electrons. The molecule has 0 aliphatic carbocycles. The Morgan fingerprint density at radius 3 is 1.91 bits per heavy atom. The van der Waals surface area contributed by atoms with Crippen LogP contribution in [0.5, 0.6) is 17.2 Å². The van der Waals surface area contributed by atoms with Gasteiger partial charge in [0.2, 0.25) is 10.0 Å². The van der Waals surface area contributed by atoms with Crippen molar-refractivity contribution in [3.05, 3.63) is 120 Å². The highest BCUT2D eigenvalue weighted by atomic mass is 32.2. The summed E-state index contributed by atoms with van der Waals surface area (Å²) in [6.07, 6.45) is 0. The fraction of sp³-hybridized carbons (Fsp3) is 0.0769. The van der Waals surface area contributed by atoms with Gasteiger partial charge in [0, 0.05) is 6.54 Å². The van der Waals surface area contributed by atoms with Crippen molar-refractivity contribution >= 4 is 10.0 Å². The van der Waals surface area contributed by atoms with Crippen LogP contribution in [0, 0.1) is 5.82 Å². The van der Waals surface area contributed by atoms with Crippen LogP contribution in [0.3, 0.4) is 0 Å². The Kier molecular flexibility index (Phi) is 7.02. The summed E-state index contributed by atoms with van der Waals surface area (Å²) in [4.78, 5) is 0.155. The van der Waals surface area contributed by atoms with E-state index in [4.69, 9.17) is 9.47 Å². The third-order valence-electron chi connectivity index (χ3n) is 4.82. The highest BCUT2D eigenvalue weighted by Crippen LogP contribution is 2.23. The molecule has 0 fully saturated rings. The second-order valence-electron chi connectivity index (χ2n) is 7.27. The van der Waals surface area contributed by atoms with Gasteiger partial charge >= 0.3 is 0 Å². The molecule has 33 heavy (non-hydrogen) atoms. The van der Waals surface area contributed by atoms with Gasteiger partial charge in [0.25, 0.3) is 0 Å². The number of nitrogens with one attached hydrogen (secondary N) is 1. The van der Waals surface area contributed by atoms with E-state index in [1.54, 1.807) is 48.5 Å². The standard InChI is InChI=1S/C26H22FNO4S/c27-22-10-6-21(7-11-22)19-31-23-12-8-20(9-13-23)18-28-33(29,30)26-16-14-25(15-17-26)32-24-4-2-1-3-5-24/h1-17,28H,18-19H2. The molecule has 0 heterocycles. The summed E-state index contributed by atoms with van der Waals surface area (Å²) in [6, 6.07) is 28.7. The molecule has 5 nitrogen and oxygen atoms in total. The van der Waals surface area contributed by atoms with E-state index in [1.165, 1.54) is 24.3 Å². The van der Waals surface area contributed by atoms with Gasteiger partial charge in [-0.25, -0.2) is 17.5 Å². The smallest absolute Gasteiger partial charge is 0.240 e. The normalized spacial score (nSPS) is 11.2. The van der Waals surface area contributed by atoms with E-state index < -0.39 is 10.0 Å². The van der Waals surface area contributed by atoms with Gasteiger partial charge in [0.1, 0.15) is 29.7 Å². The number of para-hydroxylation sites is 1. The van der Waals surface area contributed by atoms with Crippen molar-refractivity contribution in [3.8, 4) is 17.2 Å². The van der Waals surface area contributed by atoms with Gasteiger partial charge in [0.15, 0.2) is 0 Å². The molecule has 0 bridgehead atoms. The van der Waals surface area contributed by atoms with Crippen molar-refractivity contribution in [2.24, 2.45) is 0 Å². The van der Waals surface area contributed by atoms with Crippen LogP contribution >= 0.6 is 0 Å². The minimum atomic E-state index is -3.68. The molecule has 0 aliphatic heterocycles. The largest absolute Gasteiger partial charge is 0.489 e. The van der Waals surface area contributed by atoms with Gasteiger partial charge < -0.3 is 9.47 Å². The summed E-state index contributed by atoms with van der Waals surface area (Å²) in [6.45, 7) is 0.457. The Morgan fingerprint density at radius 2 is 1.24 bits per heavy atom. The topological polar surface area (TPSA) is 64.6 Å². The molecular weight excluding hydrogens is 441 g/mol. The van der Waals surface area contributed by atoms with E-state index in [2.05, 4.69) is 4.72 Å². The zero-order chi connectivity index (χ0) is 23.1. The van der Waals surface area contributed by atoms with Crippen molar-refractivity contribution < 1.29 is 22.3 Å². The van der Waals surface area contributed by atoms with Crippen molar-refractivity contribution in [2.75, 3.05) is 0 Å².